The van der Waals surface area contributed by atoms with Gasteiger partial charge in [0.05, 0.1) is 30.3 Å². The number of benzene rings is 2. The van der Waals surface area contributed by atoms with Gasteiger partial charge < -0.3 is 24.3 Å². The molecule has 0 amide bonds. The molecule has 0 aliphatic carbocycles. The molecule has 5 rings (SSSR count). The van der Waals surface area contributed by atoms with Crippen LogP contribution < -0.4 is 4.74 Å². The van der Waals surface area contributed by atoms with E-state index in [0.717, 1.165) is 0 Å². The highest BCUT2D eigenvalue weighted by Crippen LogP contribution is 2.35. The second kappa shape index (κ2) is 9.24. The molecule has 0 radical (unpaired) electrons. The highest BCUT2D eigenvalue weighted by Gasteiger charge is 2.41. The number of nitrogens with zero attached hydrogens (tertiary/aromatic N) is 3. The number of imidazole rings is 1. The third-order valence-corrected chi connectivity index (χ3v) is 5.53. The molecule has 1 saturated heterocycles. The third kappa shape index (κ3) is 4.75. The molecule has 0 saturated carbocycles. The highest BCUT2D eigenvalue weighted by atomic mass is 19.1. The second-order valence-electron chi connectivity index (χ2n) is 8.31. The lowest BCUT2D eigenvalue weighted by Crippen LogP contribution is -2.42. The highest BCUT2D eigenvalue weighted by molar-refractivity contribution is 5.77. The molecule has 2 aromatic heterocycles. The Kier molecular flexibility index (Phi) is 5.98. The smallest absolute Gasteiger partial charge is 0.322 e. The maximum Gasteiger partial charge on any atom is 0.322 e. The van der Waals surface area contributed by atoms with E-state index < -0.39 is 17.7 Å². The predicted octanol–water partition coefficient (Wildman–Crippen LogP) is 4.60. The summed E-state index contributed by atoms with van der Waals surface area (Å²) in [6.45, 7) is 1.47. The zero-order valence-corrected chi connectivity index (χ0v) is 18.6. The van der Waals surface area contributed by atoms with Gasteiger partial charge in [-0.2, -0.15) is 4.98 Å². The lowest BCUT2D eigenvalue weighted by molar-refractivity contribution is -0.236. The van der Waals surface area contributed by atoms with Crippen LogP contribution >= 0.6 is 0 Å². The number of carbonyl (C=O) groups is 1. The van der Waals surface area contributed by atoms with Crippen molar-refractivity contribution in [2.75, 3.05) is 13.2 Å². The van der Waals surface area contributed by atoms with E-state index in [9.17, 15) is 14.3 Å². The minimum Gasteiger partial charge on any atom is -0.481 e. The van der Waals surface area contributed by atoms with Gasteiger partial charge >= 0.3 is 12.0 Å². The molecule has 2 N–H and O–H groups in total. The fourth-order valence-electron chi connectivity index (χ4n) is 3.52. The quantitative estimate of drug-likeness (QED) is 0.414. The van der Waals surface area contributed by atoms with E-state index in [1.807, 2.05) is 18.2 Å². The van der Waals surface area contributed by atoms with Crippen molar-refractivity contribution < 1.29 is 28.5 Å². The molecule has 2 aromatic carbocycles. The van der Waals surface area contributed by atoms with Crippen molar-refractivity contribution in [1.29, 1.82) is 0 Å². The standard InChI is InChI=1S/C25H21FN4O5/c1-25(23(31)32)13-33-22(34-14-25)21-29-19(15-7-9-16(26)10-8-15)20(30-21)18-11-12-27-24(28-18)35-17-5-3-2-4-6-17/h2-12,22H,13-14H2,1H3,(H,29,30)(H,31,32). The number of rotatable bonds is 6. The summed E-state index contributed by atoms with van der Waals surface area (Å²) >= 11 is 0. The van der Waals surface area contributed by atoms with Crippen LogP contribution in [-0.4, -0.2) is 44.2 Å². The molecule has 35 heavy (non-hydrogen) atoms. The average Bonchev–Trinajstić information content (AvgIpc) is 3.31. The van der Waals surface area contributed by atoms with Gasteiger partial charge in [0, 0.05) is 11.8 Å². The number of hydrogen-bond donors (Lipinski definition) is 2. The van der Waals surface area contributed by atoms with Crippen molar-refractivity contribution in [3.63, 3.8) is 0 Å². The monoisotopic (exact) mass is 476 g/mol. The number of carboxylic acid groups (broad SMARTS) is 1. The minimum atomic E-state index is -1.15. The molecule has 9 nitrogen and oxygen atoms in total. The molecule has 1 aliphatic rings. The van der Waals surface area contributed by atoms with Crippen molar-refractivity contribution >= 4 is 5.97 Å². The second-order valence-corrected chi connectivity index (χ2v) is 8.31. The van der Waals surface area contributed by atoms with Gasteiger partial charge in [0.1, 0.15) is 17.0 Å². The molecule has 178 valence electrons. The van der Waals surface area contributed by atoms with Crippen LogP contribution in [0.2, 0.25) is 0 Å². The van der Waals surface area contributed by atoms with Crippen LogP contribution in [0.1, 0.15) is 19.0 Å². The summed E-state index contributed by atoms with van der Waals surface area (Å²) in [5.74, 6) is -0.469. The number of halogens is 1. The summed E-state index contributed by atoms with van der Waals surface area (Å²) in [4.78, 5) is 28.0. The van der Waals surface area contributed by atoms with Crippen LogP contribution in [0.15, 0.2) is 66.9 Å². The van der Waals surface area contributed by atoms with Gasteiger partial charge in [0.25, 0.3) is 0 Å². The first kappa shape index (κ1) is 22.6. The predicted molar refractivity (Wildman–Crippen MR) is 122 cm³/mol. The average molecular weight is 476 g/mol. The van der Waals surface area contributed by atoms with Crippen molar-refractivity contribution in [3.8, 4) is 34.4 Å². The van der Waals surface area contributed by atoms with Gasteiger partial charge in [-0.05, 0) is 49.4 Å². The van der Waals surface area contributed by atoms with Gasteiger partial charge in [-0.25, -0.2) is 14.4 Å². The molecule has 0 spiro atoms. The van der Waals surface area contributed by atoms with Gasteiger partial charge in [-0.1, -0.05) is 18.2 Å². The fraction of sp³-hybridized carbons (Fsp3) is 0.200. The number of H-pyrrole nitrogens is 1. The Bertz CT molecular complexity index is 1340. The van der Waals surface area contributed by atoms with E-state index in [1.165, 1.54) is 12.1 Å². The largest absolute Gasteiger partial charge is 0.481 e. The molecular weight excluding hydrogens is 455 g/mol. The van der Waals surface area contributed by atoms with E-state index in [-0.39, 0.29) is 25.0 Å². The van der Waals surface area contributed by atoms with Crippen LogP contribution in [0.25, 0.3) is 22.6 Å². The van der Waals surface area contributed by atoms with Crippen molar-refractivity contribution in [3.05, 3.63) is 78.5 Å². The molecule has 0 unspecified atom stereocenters. The molecular formula is C25H21FN4O5. The molecule has 0 bridgehead atoms. The van der Waals surface area contributed by atoms with Gasteiger partial charge in [0.15, 0.2) is 5.82 Å². The Morgan fingerprint density at radius 1 is 1.09 bits per heavy atom. The third-order valence-electron chi connectivity index (χ3n) is 5.53. The summed E-state index contributed by atoms with van der Waals surface area (Å²) in [5.41, 5.74) is 0.977. The van der Waals surface area contributed by atoms with E-state index in [2.05, 4.69) is 19.9 Å². The van der Waals surface area contributed by atoms with Crippen LogP contribution in [0.3, 0.4) is 0 Å². The number of para-hydroxylation sites is 1. The van der Waals surface area contributed by atoms with Crippen LogP contribution in [0.5, 0.6) is 11.8 Å². The Balaban J connectivity index is 1.50. The molecule has 3 heterocycles. The first-order chi connectivity index (χ1) is 16.9. The summed E-state index contributed by atoms with van der Waals surface area (Å²) in [6, 6.07) is 16.8. The fourth-order valence-corrected chi connectivity index (χ4v) is 3.52. The molecule has 10 heteroatoms. The van der Waals surface area contributed by atoms with E-state index in [1.54, 1.807) is 43.5 Å². The number of aromatic nitrogens is 4. The number of ether oxygens (including phenoxy) is 3. The maximum atomic E-state index is 13.6. The number of nitrogens with one attached hydrogen (secondary N) is 1. The number of aliphatic carboxylic acids is 1. The molecule has 0 atom stereocenters. The van der Waals surface area contributed by atoms with Gasteiger partial charge in [0.2, 0.25) is 6.29 Å². The van der Waals surface area contributed by atoms with Crippen molar-refractivity contribution in [1.82, 2.24) is 19.9 Å². The molecule has 1 fully saturated rings. The van der Waals surface area contributed by atoms with E-state index >= 15 is 0 Å². The van der Waals surface area contributed by atoms with E-state index in [0.29, 0.717) is 34.2 Å². The maximum absolute atomic E-state index is 13.6. The van der Waals surface area contributed by atoms with Crippen molar-refractivity contribution in [2.45, 2.75) is 13.2 Å². The molecule has 4 aromatic rings. The summed E-state index contributed by atoms with van der Waals surface area (Å²) in [7, 11) is 0. The topological polar surface area (TPSA) is 119 Å². The summed E-state index contributed by atoms with van der Waals surface area (Å²) in [6.07, 6.45) is 0.652. The zero-order valence-electron chi connectivity index (χ0n) is 18.6. The van der Waals surface area contributed by atoms with Gasteiger partial charge in [-0.15, -0.1) is 0 Å². The SMILES string of the molecule is CC1(C(=O)O)COC(c2nc(-c3ccc(F)cc3)c(-c3ccnc(Oc4ccccc4)n3)[nH]2)OC1. The normalized spacial score (nSPS) is 19.9. The van der Waals surface area contributed by atoms with Gasteiger partial charge in [-0.3, -0.25) is 4.79 Å². The Labute approximate surface area is 199 Å². The Morgan fingerprint density at radius 2 is 1.80 bits per heavy atom. The summed E-state index contributed by atoms with van der Waals surface area (Å²) < 4.78 is 30.7. The lowest BCUT2D eigenvalue weighted by atomic mass is 9.92. The number of hydrogen-bond acceptors (Lipinski definition) is 7. The lowest BCUT2D eigenvalue weighted by Gasteiger charge is -2.33. The molecule has 1 aliphatic heterocycles. The van der Waals surface area contributed by atoms with Crippen LogP contribution in [0.4, 0.5) is 4.39 Å². The van der Waals surface area contributed by atoms with Crippen LogP contribution in [0, 0.1) is 11.2 Å². The first-order valence-corrected chi connectivity index (χ1v) is 10.8. The minimum absolute atomic E-state index is 0.0442. The van der Waals surface area contributed by atoms with Crippen LogP contribution in [-0.2, 0) is 14.3 Å². The Morgan fingerprint density at radius 3 is 2.49 bits per heavy atom. The summed E-state index contributed by atoms with van der Waals surface area (Å²) in [5, 5.41) is 9.41. The number of carboxylic acids is 1. The zero-order chi connectivity index (χ0) is 24.4. The Hall–Kier alpha value is -4.15. The van der Waals surface area contributed by atoms with E-state index in [4.69, 9.17) is 14.2 Å². The first-order valence-electron chi connectivity index (χ1n) is 10.8. The number of aromatic amines is 1. The van der Waals surface area contributed by atoms with Crippen molar-refractivity contribution in [2.24, 2.45) is 5.41 Å².